The predicted molar refractivity (Wildman–Crippen MR) is 90.2 cm³/mol. The van der Waals surface area contributed by atoms with Crippen molar-refractivity contribution >= 4 is 27.3 Å². The van der Waals surface area contributed by atoms with Crippen molar-refractivity contribution in [1.29, 1.82) is 0 Å². The molecule has 1 atom stereocenters. The van der Waals surface area contributed by atoms with Crippen LogP contribution in [0.1, 0.15) is 30.6 Å². The molecule has 110 valence electrons. The van der Waals surface area contributed by atoms with Crippen LogP contribution in [0.15, 0.2) is 48.8 Å². The minimum atomic E-state index is -0.478. The molecule has 4 rings (SSSR count). The average molecular weight is 290 g/mol. The first kappa shape index (κ1) is 13.3. The lowest BCUT2D eigenvalue weighted by Crippen LogP contribution is -1.98. The van der Waals surface area contributed by atoms with Gasteiger partial charge in [-0.3, -0.25) is 0 Å². The highest BCUT2D eigenvalue weighted by atomic mass is 16.3. The Morgan fingerprint density at radius 1 is 1.09 bits per heavy atom. The number of benzene rings is 1. The molecule has 0 aliphatic rings. The third-order valence-electron chi connectivity index (χ3n) is 4.33. The molecule has 1 N–H and O–H groups in total. The number of aliphatic hydroxyl groups excluding tert-OH is 1. The van der Waals surface area contributed by atoms with Crippen LogP contribution in [-0.2, 0) is 0 Å². The summed E-state index contributed by atoms with van der Waals surface area (Å²) in [4.78, 5) is 4.84. The molecule has 1 aromatic carbocycles. The number of para-hydroxylation sites is 1. The Labute approximate surface area is 128 Å². The van der Waals surface area contributed by atoms with E-state index in [-0.39, 0.29) is 0 Å². The Morgan fingerprint density at radius 2 is 1.91 bits per heavy atom. The molecule has 3 aromatic heterocycles. The standard InChI is InChI=1S/C19H18N2O/c1-3-17(22)18-13-6-4-5-7-15(13)20-19-14(18)11-21-10-12(2)8-9-16(19)21/h4-11,17,22H,3H2,1-2H3. The van der Waals surface area contributed by atoms with Crippen LogP contribution in [0, 0.1) is 6.92 Å². The van der Waals surface area contributed by atoms with Gasteiger partial charge in [-0.25, -0.2) is 4.98 Å². The number of fused-ring (bicyclic) bond motifs is 4. The summed E-state index contributed by atoms with van der Waals surface area (Å²) in [6.07, 6.45) is 4.40. The first-order chi connectivity index (χ1) is 10.7. The van der Waals surface area contributed by atoms with Crippen LogP contribution in [-0.4, -0.2) is 14.5 Å². The number of aryl methyl sites for hydroxylation is 1. The zero-order chi connectivity index (χ0) is 15.3. The Morgan fingerprint density at radius 3 is 2.73 bits per heavy atom. The Bertz CT molecular complexity index is 1000. The molecule has 0 bridgehead atoms. The largest absolute Gasteiger partial charge is 0.388 e. The van der Waals surface area contributed by atoms with E-state index in [4.69, 9.17) is 4.98 Å². The number of aromatic nitrogens is 2. The molecular weight excluding hydrogens is 272 g/mol. The van der Waals surface area contributed by atoms with Crippen LogP contribution < -0.4 is 0 Å². The molecule has 3 heterocycles. The minimum Gasteiger partial charge on any atom is -0.388 e. The molecule has 0 saturated carbocycles. The zero-order valence-corrected chi connectivity index (χ0v) is 12.7. The summed E-state index contributed by atoms with van der Waals surface area (Å²) < 4.78 is 2.11. The molecular formula is C19H18N2O. The summed E-state index contributed by atoms with van der Waals surface area (Å²) in [7, 11) is 0. The quantitative estimate of drug-likeness (QED) is 0.594. The first-order valence-electron chi connectivity index (χ1n) is 7.66. The second kappa shape index (κ2) is 4.82. The van der Waals surface area contributed by atoms with Gasteiger partial charge in [-0.15, -0.1) is 0 Å². The Kier molecular flexibility index (Phi) is 2.91. The highest BCUT2D eigenvalue weighted by Crippen LogP contribution is 2.34. The fourth-order valence-corrected chi connectivity index (χ4v) is 3.22. The molecule has 0 aliphatic heterocycles. The van der Waals surface area contributed by atoms with Crippen LogP contribution in [0.25, 0.3) is 27.3 Å². The first-order valence-corrected chi connectivity index (χ1v) is 7.66. The fourth-order valence-electron chi connectivity index (χ4n) is 3.22. The molecule has 0 amide bonds. The lowest BCUT2D eigenvalue weighted by molar-refractivity contribution is 0.176. The molecule has 4 aromatic rings. The van der Waals surface area contributed by atoms with Gasteiger partial charge in [0.05, 0.1) is 22.7 Å². The van der Waals surface area contributed by atoms with Crippen LogP contribution in [0.2, 0.25) is 0 Å². The van der Waals surface area contributed by atoms with E-state index in [2.05, 4.69) is 35.9 Å². The molecule has 0 spiro atoms. The number of hydrogen-bond acceptors (Lipinski definition) is 2. The van der Waals surface area contributed by atoms with Gasteiger partial charge in [-0.05, 0) is 31.0 Å². The van der Waals surface area contributed by atoms with E-state index < -0.39 is 6.10 Å². The fraction of sp³-hybridized carbons (Fsp3) is 0.211. The smallest absolute Gasteiger partial charge is 0.0968 e. The van der Waals surface area contributed by atoms with Crippen molar-refractivity contribution < 1.29 is 5.11 Å². The average Bonchev–Trinajstić information content (AvgIpc) is 2.88. The second-order valence-corrected chi connectivity index (χ2v) is 5.86. The van der Waals surface area contributed by atoms with E-state index in [0.29, 0.717) is 6.42 Å². The van der Waals surface area contributed by atoms with Gasteiger partial charge in [0.1, 0.15) is 0 Å². The minimum absolute atomic E-state index is 0.478. The molecule has 1 unspecified atom stereocenters. The maximum Gasteiger partial charge on any atom is 0.0968 e. The van der Waals surface area contributed by atoms with Crippen molar-refractivity contribution in [2.24, 2.45) is 0 Å². The maximum absolute atomic E-state index is 10.6. The SMILES string of the molecule is CCC(O)c1c2ccccc2nc2c1cn1cc(C)ccc21. The molecule has 0 aliphatic carbocycles. The molecule has 22 heavy (non-hydrogen) atoms. The highest BCUT2D eigenvalue weighted by molar-refractivity contribution is 6.04. The van der Waals surface area contributed by atoms with Crippen molar-refractivity contribution in [2.45, 2.75) is 26.4 Å². The third-order valence-corrected chi connectivity index (χ3v) is 4.33. The van der Waals surface area contributed by atoms with E-state index in [1.54, 1.807) is 0 Å². The summed E-state index contributed by atoms with van der Waals surface area (Å²) in [6, 6.07) is 12.2. The van der Waals surface area contributed by atoms with Crippen molar-refractivity contribution in [3.8, 4) is 0 Å². The van der Waals surface area contributed by atoms with Crippen LogP contribution in [0.3, 0.4) is 0 Å². The lowest BCUT2D eigenvalue weighted by atomic mass is 9.98. The van der Waals surface area contributed by atoms with Crippen LogP contribution in [0.5, 0.6) is 0 Å². The summed E-state index contributed by atoms with van der Waals surface area (Å²) in [6.45, 7) is 4.08. The number of rotatable bonds is 2. The maximum atomic E-state index is 10.6. The van der Waals surface area contributed by atoms with Gasteiger partial charge in [-0.2, -0.15) is 0 Å². The number of hydrogen-bond donors (Lipinski definition) is 1. The summed E-state index contributed by atoms with van der Waals surface area (Å²) in [5, 5.41) is 12.6. The van der Waals surface area contributed by atoms with E-state index in [1.807, 2.05) is 31.2 Å². The highest BCUT2D eigenvalue weighted by Gasteiger charge is 2.17. The monoisotopic (exact) mass is 290 g/mol. The van der Waals surface area contributed by atoms with Crippen LogP contribution in [0.4, 0.5) is 0 Å². The summed E-state index contributed by atoms with van der Waals surface area (Å²) in [5.41, 5.74) is 5.17. The van der Waals surface area contributed by atoms with Crippen molar-refractivity contribution in [3.63, 3.8) is 0 Å². The lowest BCUT2D eigenvalue weighted by Gasteiger charge is -2.13. The van der Waals surface area contributed by atoms with Gasteiger partial charge in [0.25, 0.3) is 0 Å². The summed E-state index contributed by atoms with van der Waals surface area (Å²) >= 11 is 0. The van der Waals surface area contributed by atoms with E-state index in [9.17, 15) is 5.11 Å². The van der Waals surface area contributed by atoms with Gasteiger partial charge in [0, 0.05) is 28.7 Å². The Balaban J connectivity index is 2.24. The molecule has 3 nitrogen and oxygen atoms in total. The van der Waals surface area contributed by atoms with E-state index in [1.165, 1.54) is 5.56 Å². The topological polar surface area (TPSA) is 37.5 Å². The van der Waals surface area contributed by atoms with Crippen LogP contribution >= 0.6 is 0 Å². The normalized spacial score (nSPS) is 13.2. The molecule has 3 heteroatoms. The second-order valence-electron chi connectivity index (χ2n) is 5.86. The van der Waals surface area contributed by atoms with Gasteiger partial charge < -0.3 is 9.51 Å². The zero-order valence-electron chi connectivity index (χ0n) is 12.7. The van der Waals surface area contributed by atoms with Crippen molar-refractivity contribution in [3.05, 3.63) is 59.9 Å². The van der Waals surface area contributed by atoms with E-state index in [0.717, 1.165) is 32.9 Å². The number of aliphatic hydroxyl groups is 1. The van der Waals surface area contributed by atoms with Gasteiger partial charge in [0.2, 0.25) is 0 Å². The van der Waals surface area contributed by atoms with Crippen molar-refractivity contribution in [2.75, 3.05) is 0 Å². The van der Waals surface area contributed by atoms with E-state index >= 15 is 0 Å². The van der Waals surface area contributed by atoms with Gasteiger partial charge in [-0.1, -0.05) is 31.2 Å². The number of nitrogens with zero attached hydrogens (tertiary/aromatic N) is 2. The predicted octanol–water partition coefficient (Wildman–Crippen LogP) is 4.39. The third kappa shape index (κ3) is 1.82. The molecule has 0 saturated heterocycles. The van der Waals surface area contributed by atoms with Gasteiger partial charge >= 0.3 is 0 Å². The molecule has 0 radical (unpaired) electrons. The van der Waals surface area contributed by atoms with Crippen molar-refractivity contribution in [1.82, 2.24) is 9.38 Å². The number of pyridine rings is 2. The summed E-state index contributed by atoms with van der Waals surface area (Å²) in [5.74, 6) is 0. The Hall–Kier alpha value is -2.39. The van der Waals surface area contributed by atoms with Gasteiger partial charge in [0.15, 0.2) is 0 Å². The molecule has 0 fully saturated rings.